The second-order valence-electron chi connectivity index (χ2n) is 8.64. The van der Waals surface area contributed by atoms with Crippen molar-refractivity contribution in [2.75, 3.05) is 13.7 Å². The van der Waals surface area contributed by atoms with E-state index in [1.165, 1.54) is 25.3 Å². The quantitative estimate of drug-likeness (QED) is 0.431. The summed E-state index contributed by atoms with van der Waals surface area (Å²) >= 11 is 0. The highest BCUT2D eigenvalue weighted by atomic mass is 19.1. The lowest BCUT2D eigenvalue weighted by Gasteiger charge is -2.30. The minimum absolute atomic E-state index is 0.0237. The maximum Gasteiger partial charge on any atom is 0.337 e. The molecule has 0 saturated heterocycles. The first-order valence-corrected chi connectivity index (χ1v) is 11.8. The molecule has 190 valence electrons. The number of allylic oxidation sites excluding steroid dienone is 2. The summed E-state index contributed by atoms with van der Waals surface area (Å²) in [6, 6.07) is 13.8. The molecule has 0 bridgehead atoms. The average Bonchev–Trinajstić information content (AvgIpc) is 3.39. The normalized spacial score (nSPS) is 15.6. The van der Waals surface area contributed by atoms with Crippen molar-refractivity contribution in [3.05, 3.63) is 118 Å². The fraction of sp³-hybridized carbons (Fsp3) is 0.207. The van der Waals surface area contributed by atoms with Crippen LogP contribution in [0.25, 0.3) is 6.08 Å². The van der Waals surface area contributed by atoms with E-state index in [2.05, 4.69) is 15.3 Å². The SMILES string of the molecule is COC(=O)C1=C(C)NC(C)=C(C(=O)OCC=Cc2ccc(Cc3ncc[nH]3)cc2)C1c1cccc(F)c1. The zero-order valence-electron chi connectivity index (χ0n) is 20.9. The van der Waals surface area contributed by atoms with E-state index in [1.54, 1.807) is 38.4 Å². The van der Waals surface area contributed by atoms with Crippen LogP contribution in [0.5, 0.6) is 0 Å². The van der Waals surface area contributed by atoms with E-state index in [1.807, 2.05) is 30.3 Å². The Labute approximate surface area is 214 Å². The summed E-state index contributed by atoms with van der Waals surface area (Å²) in [6.45, 7) is 3.46. The number of nitrogens with zero attached hydrogens (tertiary/aromatic N) is 1. The third-order valence-corrected chi connectivity index (χ3v) is 6.09. The van der Waals surface area contributed by atoms with Crippen LogP contribution in [0.4, 0.5) is 4.39 Å². The molecule has 1 atom stereocenters. The number of aromatic amines is 1. The minimum Gasteiger partial charge on any atom is -0.466 e. The molecule has 8 heteroatoms. The zero-order valence-corrected chi connectivity index (χ0v) is 20.9. The highest BCUT2D eigenvalue weighted by Gasteiger charge is 2.37. The van der Waals surface area contributed by atoms with Gasteiger partial charge in [0.2, 0.25) is 0 Å². The van der Waals surface area contributed by atoms with Gasteiger partial charge in [-0.1, -0.05) is 42.5 Å². The predicted octanol–water partition coefficient (Wildman–Crippen LogP) is 4.80. The number of carbonyl (C=O) groups excluding carboxylic acids is 2. The van der Waals surface area contributed by atoms with Crippen LogP contribution in [0.3, 0.4) is 0 Å². The molecule has 0 radical (unpaired) electrons. The van der Waals surface area contributed by atoms with Gasteiger partial charge in [0.1, 0.15) is 18.2 Å². The third kappa shape index (κ3) is 6.03. The average molecular weight is 502 g/mol. The van der Waals surface area contributed by atoms with Crippen molar-refractivity contribution in [2.45, 2.75) is 26.2 Å². The Morgan fingerprint density at radius 3 is 2.43 bits per heavy atom. The second-order valence-corrected chi connectivity index (χ2v) is 8.64. The standard InChI is InChI=1S/C29H28FN3O4/c1-18-25(28(34)36-3)27(22-7-4-8-23(30)17-22)26(19(2)33-18)29(35)37-15-5-6-20-9-11-21(12-10-20)16-24-31-13-14-32-24/h4-14,17,27,33H,15-16H2,1-3H3,(H,31,32). The maximum absolute atomic E-state index is 14.1. The Kier molecular flexibility index (Phi) is 7.98. The Bertz CT molecular complexity index is 1370. The molecule has 2 N–H and O–H groups in total. The first kappa shape index (κ1) is 25.6. The number of nitrogens with one attached hydrogen (secondary N) is 2. The van der Waals surface area contributed by atoms with Crippen LogP contribution in [-0.2, 0) is 25.5 Å². The number of imidazole rings is 1. The largest absolute Gasteiger partial charge is 0.466 e. The summed E-state index contributed by atoms with van der Waals surface area (Å²) in [5.74, 6) is -1.61. The van der Waals surface area contributed by atoms with E-state index in [0.717, 1.165) is 17.0 Å². The van der Waals surface area contributed by atoms with Crippen molar-refractivity contribution in [3.63, 3.8) is 0 Å². The van der Waals surface area contributed by atoms with Crippen molar-refractivity contribution in [2.24, 2.45) is 0 Å². The Balaban J connectivity index is 1.47. The Hall–Kier alpha value is -4.46. The van der Waals surface area contributed by atoms with Crippen LogP contribution in [0.2, 0.25) is 0 Å². The summed E-state index contributed by atoms with van der Waals surface area (Å²) < 4.78 is 24.6. The van der Waals surface area contributed by atoms with Gasteiger partial charge in [-0.15, -0.1) is 0 Å². The van der Waals surface area contributed by atoms with E-state index < -0.39 is 23.7 Å². The molecule has 1 unspecified atom stereocenters. The lowest BCUT2D eigenvalue weighted by molar-refractivity contribution is -0.138. The van der Waals surface area contributed by atoms with Gasteiger partial charge >= 0.3 is 11.9 Å². The molecule has 37 heavy (non-hydrogen) atoms. The van der Waals surface area contributed by atoms with Gasteiger partial charge in [0, 0.05) is 30.2 Å². The van der Waals surface area contributed by atoms with Gasteiger partial charge in [-0.05, 0) is 48.7 Å². The number of ether oxygens (including phenoxy) is 2. The molecule has 0 spiro atoms. The molecule has 1 aliphatic rings. The molecule has 0 saturated carbocycles. The summed E-state index contributed by atoms with van der Waals surface area (Å²) in [6.07, 6.45) is 7.83. The number of carbonyl (C=O) groups is 2. The van der Waals surface area contributed by atoms with Gasteiger partial charge in [-0.2, -0.15) is 0 Å². The van der Waals surface area contributed by atoms with E-state index in [-0.39, 0.29) is 17.8 Å². The lowest BCUT2D eigenvalue weighted by Crippen LogP contribution is -2.32. The molecular weight excluding hydrogens is 473 g/mol. The number of aromatic nitrogens is 2. The molecular formula is C29H28FN3O4. The monoisotopic (exact) mass is 501 g/mol. The Morgan fingerprint density at radius 1 is 1.05 bits per heavy atom. The van der Waals surface area contributed by atoms with E-state index in [9.17, 15) is 14.0 Å². The number of esters is 2. The molecule has 1 aliphatic heterocycles. The molecule has 0 fully saturated rings. The lowest BCUT2D eigenvalue weighted by atomic mass is 9.80. The zero-order chi connectivity index (χ0) is 26.4. The summed E-state index contributed by atoms with van der Waals surface area (Å²) in [5, 5.41) is 3.07. The molecule has 1 aromatic heterocycles. The number of hydrogen-bond donors (Lipinski definition) is 2. The smallest absolute Gasteiger partial charge is 0.337 e. The van der Waals surface area contributed by atoms with Crippen molar-refractivity contribution >= 4 is 18.0 Å². The molecule has 0 aliphatic carbocycles. The fourth-order valence-electron chi connectivity index (χ4n) is 4.38. The number of dihydropyridines is 1. The molecule has 2 aromatic carbocycles. The number of rotatable bonds is 8. The van der Waals surface area contributed by atoms with Crippen LogP contribution >= 0.6 is 0 Å². The molecule has 2 heterocycles. The maximum atomic E-state index is 14.1. The van der Waals surface area contributed by atoms with Crippen LogP contribution < -0.4 is 5.32 Å². The highest BCUT2D eigenvalue weighted by molar-refractivity contribution is 5.99. The topological polar surface area (TPSA) is 93.3 Å². The van der Waals surface area contributed by atoms with Gasteiger partial charge < -0.3 is 19.8 Å². The number of H-pyrrole nitrogens is 1. The first-order valence-electron chi connectivity index (χ1n) is 11.8. The van der Waals surface area contributed by atoms with Crippen molar-refractivity contribution in [3.8, 4) is 0 Å². The number of halogens is 1. The highest BCUT2D eigenvalue weighted by Crippen LogP contribution is 2.39. The predicted molar refractivity (Wildman–Crippen MR) is 138 cm³/mol. The first-order chi connectivity index (χ1) is 17.9. The van der Waals surface area contributed by atoms with Crippen LogP contribution in [-0.4, -0.2) is 35.6 Å². The number of hydrogen-bond acceptors (Lipinski definition) is 6. The molecule has 0 amide bonds. The van der Waals surface area contributed by atoms with Crippen molar-refractivity contribution in [1.29, 1.82) is 0 Å². The van der Waals surface area contributed by atoms with E-state index >= 15 is 0 Å². The summed E-state index contributed by atoms with van der Waals surface area (Å²) in [4.78, 5) is 33.2. The summed E-state index contributed by atoms with van der Waals surface area (Å²) in [7, 11) is 1.27. The number of benzene rings is 2. The van der Waals surface area contributed by atoms with Crippen molar-refractivity contribution in [1.82, 2.24) is 15.3 Å². The number of methoxy groups -OCH3 is 1. The second kappa shape index (κ2) is 11.5. The van der Waals surface area contributed by atoms with Gasteiger partial charge in [-0.3, -0.25) is 0 Å². The van der Waals surface area contributed by atoms with E-state index in [0.29, 0.717) is 23.4 Å². The third-order valence-electron chi connectivity index (χ3n) is 6.09. The fourth-order valence-corrected chi connectivity index (χ4v) is 4.38. The minimum atomic E-state index is -0.831. The summed E-state index contributed by atoms with van der Waals surface area (Å²) in [5.41, 5.74) is 4.06. The van der Waals surface area contributed by atoms with Gasteiger partial charge in [0.05, 0.1) is 24.2 Å². The van der Waals surface area contributed by atoms with Gasteiger partial charge in [-0.25, -0.2) is 19.0 Å². The molecule has 4 rings (SSSR count). The van der Waals surface area contributed by atoms with E-state index in [4.69, 9.17) is 9.47 Å². The van der Waals surface area contributed by atoms with Crippen LogP contribution in [0, 0.1) is 5.82 Å². The molecule has 3 aromatic rings. The molecule has 7 nitrogen and oxygen atoms in total. The Morgan fingerprint density at radius 2 is 1.78 bits per heavy atom. The van der Waals surface area contributed by atoms with Gasteiger partial charge in [0.25, 0.3) is 0 Å². The van der Waals surface area contributed by atoms with Crippen molar-refractivity contribution < 1.29 is 23.5 Å². The van der Waals surface area contributed by atoms with Gasteiger partial charge in [0.15, 0.2) is 0 Å². The van der Waals surface area contributed by atoms with Crippen LogP contribution in [0.15, 0.2) is 89.5 Å². The van der Waals surface area contributed by atoms with Crippen LogP contribution in [0.1, 0.15) is 42.3 Å².